The number of nitrogens with one attached hydrogen (secondary N) is 1. The molecule has 1 N–H and O–H groups in total. The third-order valence-electron chi connectivity index (χ3n) is 7.56. The van der Waals surface area contributed by atoms with Gasteiger partial charge in [0.15, 0.2) is 11.5 Å². The summed E-state index contributed by atoms with van der Waals surface area (Å²) in [5.74, 6) is -0.472. The molecular formula is C31H34FN3O6S. The van der Waals surface area contributed by atoms with Gasteiger partial charge in [0.1, 0.15) is 18.4 Å². The molecule has 0 saturated heterocycles. The Hall–Kier alpha value is -4.12. The molecule has 1 heterocycles. The summed E-state index contributed by atoms with van der Waals surface area (Å²) < 4.78 is 51.4. The van der Waals surface area contributed by atoms with Crippen LogP contribution in [0.3, 0.4) is 0 Å². The Morgan fingerprint density at radius 2 is 1.64 bits per heavy atom. The SMILES string of the molecule is CS(=O)(=O)N(CC(=O)N(Cc1ccc(F)cc1)C(Cc1ccccc1)C(=O)NC1CCCC1)c1ccc2c(c1)OCO2. The molecule has 222 valence electrons. The van der Waals surface area contributed by atoms with E-state index in [2.05, 4.69) is 5.32 Å². The highest BCUT2D eigenvalue weighted by molar-refractivity contribution is 7.92. The quantitative estimate of drug-likeness (QED) is 0.359. The van der Waals surface area contributed by atoms with Gasteiger partial charge >= 0.3 is 0 Å². The number of nitrogens with zero attached hydrogens (tertiary/aromatic N) is 2. The molecule has 2 amide bonds. The van der Waals surface area contributed by atoms with Crippen LogP contribution in [-0.4, -0.2) is 56.8 Å². The molecule has 1 saturated carbocycles. The summed E-state index contributed by atoms with van der Waals surface area (Å²) in [6.07, 6.45) is 5.00. The van der Waals surface area contributed by atoms with Crippen molar-refractivity contribution in [3.8, 4) is 11.5 Å². The monoisotopic (exact) mass is 595 g/mol. The molecule has 0 radical (unpaired) electrons. The van der Waals surface area contributed by atoms with Crippen LogP contribution in [0, 0.1) is 5.82 Å². The van der Waals surface area contributed by atoms with Gasteiger partial charge in [-0.05, 0) is 48.2 Å². The van der Waals surface area contributed by atoms with Gasteiger partial charge < -0.3 is 19.7 Å². The van der Waals surface area contributed by atoms with Gasteiger partial charge in [-0.25, -0.2) is 12.8 Å². The molecule has 9 nitrogen and oxygen atoms in total. The van der Waals surface area contributed by atoms with Crippen molar-refractivity contribution in [3.05, 3.63) is 89.7 Å². The van der Waals surface area contributed by atoms with Crippen LogP contribution in [0.15, 0.2) is 72.8 Å². The first kappa shape index (κ1) is 29.4. The third-order valence-corrected chi connectivity index (χ3v) is 8.70. The number of halogens is 1. The number of carbonyl (C=O) groups excluding carboxylic acids is 2. The van der Waals surface area contributed by atoms with Crippen molar-refractivity contribution in [1.82, 2.24) is 10.2 Å². The second-order valence-electron chi connectivity index (χ2n) is 10.7. The molecule has 3 aromatic rings. The topological polar surface area (TPSA) is 105 Å². The van der Waals surface area contributed by atoms with Gasteiger partial charge in [0.25, 0.3) is 0 Å². The minimum atomic E-state index is -3.93. The Morgan fingerprint density at radius 3 is 2.33 bits per heavy atom. The fourth-order valence-corrected chi connectivity index (χ4v) is 6.20. The predicted octanol–water partition coefficient (Wildman–Crippen LogP) is 4.02. The van der Waals surface area contributed by atoms with E-state index in [0.717, 1.165) is 41.8 Å². The van der Waals surface area contributed by atoms with E-state index >= 15 is 0 Å². The minimum Gasteiger partial charge on any atom is -0.454 e. The Bertz CT molecular complexity index is 1510. The molecule has 1 aliphatic carbocycles. The summed E-state index contributed by atoms with van der Waals surface area (Å²) in [6.45, 7) is -0.561. The second-order valence-corrected chi connectivity index (χ2v) is 12.6. The van der Waals surface area contributed by atoms with Gasteiger partial charge in [0.2, 0.25) is 28.6 Å². The lowest BCUT2D eigenvalue weighted by molar-refractivity contribution is -0.140. The van der Waals surface area contributed by atoms with E-state index < -0.39 is 34.3 Å². The number of carbonyl (C=O) groups is 2. The average Bonchev–Trinajstić information content (AvgIpc) is 3.66. The number of rotatable bonds is 11. The maximum Gasteiger partial charge on any atom is 0.244 e. The zero-order chi connectivity index (χ0) is 29.7. The molecule has 3 aromatic carbocycles. The minimum absolute atomic E-state index is 0.0132. The van der Waals surface area contributed by atoms with Crippen LogP contribution in [-0.2, 0) is 32.6 Å². The van der Waals surface area contributed by atoms with Gasteiger partial charge in [-0.3, -0.25) is 13.9 Å². The molecule has 0 bridgehead atoms. The summed E-state index contributed by atoms with van der Waals surface area (Å²) in [6, 6.07) is 18.7. The van der Waals surface area contributed by atoms with Crippen molar-refractivity contribution < 1.29 is 31.9 Å². The molecule has 1 atom stereocenters. The molecule has 42 heavy (non-hydrogen) atoms. The Morgan fingerprint density at radius 1 is 0.952 bits per heavy atom. The first-order chi connectivity index (χ1) is 20.2. The molecule has 2 aliphatic rings. The molecule has 0 spiro atoms. The van der Waals surface area contributed by atoms with Gasteiger partial charge in [-0.1, -0.05) is 55.3 Å². The van der Waals surface area contributed by atoms with Gasteiger partial charge in [0, 0.05) is 25.1 Å². The first-order valence-corrected chi connectivity index (χ1v) is 15.8. The van der Waals surface area contributed by atoms with Crippen LogP contribution in [0.1, 0.15) is 36.8 Å². The number of fused-ring (bicyclic) bond motifs is 1. The molecular weight excluding hydrogens is 561 g/mol. The number of anilines is 1. The standard InChI is InChI=1S/C31H34FN3O6S/c1-42(38,39)35(26-15-16-28-29(18-26)41-21-40-28)20-30(36)34(19-23-11-13-24(32)14-12-23)27(17-22-7-3-2-4-8-22)31(37)33-25-9-5-6-10-25/h2-4,7-8,11-16,18,25,27H,5-6,9-10,17,19-21H2,1H3,(H,33,37). The van der Waals surface area contributed by atoms with Crippen LogP contribution in [0.4, 0.5) is 10.1 Å². The van der Waals surface area contributed by atoms with Crippen LogP contribution >= 0.6 is 0 Å². The molecule has 1 unspecified atom stereocenters. The van der Waals surface area contributed by atoms with Crippen molar-refractivity contribution in [2.24, 2.45) is 0 Å². The van der Waals surface area contributed by atoms with E-state index in [-0.39, 0.29) is 37.4 Å². The van der Waals surface area contributed by atoms with Crippen LogP contribution < -0.4 is 19.1 Å². The lowest BCUT2D eigenvalue weighted by Crippen LogP contribution is -2.54. The van der Waals surface area contributed by atoms with E-state index in [1.54, 1.807) is 24.3 Å². The molecule has 1 aliphatic heterocycles. The van der Waals surface area contributed by atoms with E-state index in [9.17, 15) is 22.4 Å². The van der Waals surface area contributed by atoms with Crippen molar-refractivity contribution in [2.75, 3.05) is 23.9 Å². The molecule has 1 fully saturated rings. The van der Waals surface area contributed by atoms with E-state index in [4.69, 9.17) is 9.47 Å². The fraction of sp³-hybridized carbons (Fsp3) is 0.355. The van der Waals surface area contributed by atoms with Crippen LogP contribution in [0.2, 0.25) is 0 Å². The van der Waals surface area contributed by atoms with Crippen LogP contribution in [0.25, 0.3) is 0 Å². The number of hydrogen-bond donors (Lipinski definition) is 1. The normalized spacial score (nSPS) is 15.3. The zero-order valence-corrected chi connectivity index (χ0v) is 24.2. The van der Waals surface area contributed by atoms with E-state index in [1.807, 2.05) is 30.3 Å². The highest BCUT2D eigenvalue weighted by Crippen LogP contribution is 2.36. The van der Waals surface area contributed by atoms with Gasteiger partial charge in [-0.2, -0.15) is 0 Å². The molecule has 0 aromatic heterocycles. The number of sulfonamides is 1. The summed E-state index contributed by atoms with van der Waals surface area (Å²) in [5, 5.41) is 3.12. The first-order valence-electron chi connectivity index (χ1n) is 13.9. The van der Waals surface area contributed by atoms with Crippen molar-refractivity contribution in [3.63, 3.8) is 0 Å². The third kappa shape index (κ3) is 7.20. The van der Waals surface area contributed by atoms with Gasteiger partial charge in [-0.15, -0.1) is 0 Å². The maximum atomic E-state index is 14.2. The van der Waals surface area contributed by atoms with Crippen molar-refractivity contribution >= 4 is 27.5 Å². The summed E-state index contributed by atoms with van der Waals surface area (Å²) >= 11 is 0. The maximum absolute atomic E-state index is 14.2. The largest absolute Gasteiger partial charge is 0.454 e. The van der Waals surface area contributed by atoms with Gasteiger partial charge in [0.05, 0.1) is 11.9 Å². The fourth-order valence-electron chi connectivity index (χ4n) is 5.36. The lowest BCUT2D eigenvalue weighted by Gasteiger charge is -2.34. The predicted molar refractivity (Wildman–Crippen MR) is 156 cm³/mol. The summed E-state index contributed by atoms with van der Waals surface area (Å²) in [4.78, 5) is 29.4. The molecule has 11 heteroatoms. The highest BCUT2D eigenvalue weighted by atomic mass is 32.2. The van der Waals surface area contributed by atoms with Crippen molar-refractivity contribution in [1.29, 1.82) is 0 Å². The summed E-state index contributed by atoms with van der Waals surface area (Å²) in [7, 11) is -3.93. The Balaban J connectivity index is 1.50. The lowest BCUT2D eigenvalue weighted by atomic mass is 10.0. The van der Waals surface area contributed by atoms with Crippen molar-refractivity contribution in [2.45, 2.75) is 50.7 Å². The number of ether oxygens (including phenoxy) is 2. The molecule has 5 rings (SSSR count). The van der Waals surface area contributed by atoms with E-state index in [0.29, 0.717) is 17.1 Å². The second kappa shape index (κ2) is 12.8. The van der Waals surface area contributed by atoms with E-state index in [1.165, 1.54) is 23.1 Å². The summed E-state index contributed by atoms with van der Waals surface area (Å²) in [5.41, 5.74) is 1.68. The number of amides is 2. The average molecular weight is 596 g/mol. The zero-order valence-electron chi connectivity index (χ0n) is 23.4. The Kier molecular flexibility index (Phi) is 8.96. The number of benzene rings is 3. The van der Waals surface area contributed by atoms with Crippen LogP contribution in [0.5, 0.6) is 11.5 Å². The Labute approximate surface area is 245 Å². The highest BCUT2D eigenvalue weighted by Gasteiger charge is 2.34. The smallest absolute Gasteiger partial charge is 0.244 e. The number of hydrogen-bond acceptors (Lipinski definition) is 6.